The lowest BCUT2D eigenvalue weighted by atomic mass is 10.1. The van der Waals surface area contributed by atoms with Crippen LogP contribution in [0.25, 0.3) is 10.8 Å². The molecule has 0 atom stereocenters. The molecule has 6 heteroatoms. The summed E-state index contributed by atoms with van der Waals surface area (Å²) in [5.74, 6) is 1.49. The molecule has 28 heavy (non-hydrogen) atoms. The maximum atomic E-state index is 12.6. The molecule has 6 nitrogen and oxygen atoms in total. The average molecular weight is 378 g/mol. The van der Waals surface area contributed by atoms with Gasteiger partial charge >= 0.3 is 0 Å². The van der Waals surface area contributed by atoms with Gasteiger partial charge in [-0.1, -0.05) is 24.3 Å². The molecule has 0 unspecified atom stereocenters. The van der Waals surface area contributed by atoms with Crippen molar-refractivity contribution in [1.82, 2.24) is 5.43 Å². The Morgan fingerprint density at radius 1 is 0.929 bits per heavy atom. The molecule has 0 aliphatic rings. The van der Waals surface area contributed by atoms with Crippen molar-refractivity contribution in [3.8, 4) is 17.2 Å². The molecule has 0 spiro atoms. The number of rotatable bonds is 6. The largest absolute Gasteiger partial charge is 0.496 e. The minimum absolute atomic E-state index is 0.358. The van der Waals surface area contributed by atoms with Gasteiger partial charge in [-0.15, -0.1) is 0 Å². The molecule has 3 aromatic carbocycles. The van der Waals surface area contributed by atoms with Crippen LogP contribution in [-0.2, 0) is 0 Å². The highest BCUT2D eigenvalue weighted by molar-refractivity contribution is 6.02. The van der Waals surface area contributed by atoms with Gasteiger partial charge in [0, 0.05) is 11.1 Å². The summed E-state index contributed by atoms with van der Waals surface area (Å²) in [5, 5.41) is 6.02. The normalized spacial score (nSPS) is 10.9. The van der Waals surface area contributed by atoms with Gasteiger partial charge in [0.1, 0.15) is 17.2 Å². The molecule has 0 fully saturated rings. The Bertz CT molecular complexity index is 1040. The third-order valence-electron chi connectivity index (χ3n) is 4.49. The fourth-order valence-electron chi connectivity index (χ4n) is 3.07. The predicted molar refractivity (Wildman–Crippen MR) is 110 cm³/mol. The fraction of sp³-hybridized carbons (Fsp3) is 0.182. The second kappa shape index (κ2) is 8.43. The number of nitrogens with one attached hydrogen (secondary N) is 1. The van der Waals surface area contributed by atoms with E-state index < -0.39 is 0 Å². The predicted octanol–water partition coefficient (Wildman–Crippen LogP) is 3.94. The molecule has 1 N–H and O–H groups in total. The van der Waals surface area contributed by atoms with E-state index in [4.69, 9.17) is 14.2 Å². The van der Waals surface area contributed by atoms with E-state index in [0.717, 1.165) is 27.6 Å². The first-order valence-electron chi connectivity index (χ1n) is 8.70. The molecule has 0 saturated heterocycles. The van der Waals surface area contributed by atoms with Gasteiger partial charge in [-0.3, -0.25) is 4.79 Å². The van der Waals surface area contributed by atoms with Crippen molar-refractivity contribution in [2.75, 3.05) is 21.3 Å². The summed E-state index contributed by atoms with van der Waals surface area (Å²) in [6.45, 7) is 1.90. The van der Waals surface area contributed by atoms with Crippen LogP contribution in [0.3, 0.4) is 0 Å². The van der Waals surface area contributed by atoms with Crippen molar-refractivity contribution >= 4 is 22.9 Å². The van der Waals surface area contributed by atoms with Gasteiger partial charge in [0.15, 0.2) is 0 Å². The van der Waals surface area contributed by atoms with Gasteiger partial charge in [-0.25, -0.2) is 5.43 Å². The summed E-state index contributed by atoms with van der Waals surface area (Å²) in [6, 6.07) is 15.0. The van der Waals surface area contributed by atoms with E-state index in [2.05, 4.69) is 10.5 Å². The molecule has 0 aromatic heterocycles. The van der Waals surface area contributed by atoms with Crippen molar-refractivity contribution in [3.05, 3.63) is 65.2 Å². The smallest absolute Gasteiger partial charge is 0.275 e. The third kappa shape index (κ3) is 3.76. The summed E-state index contributed by atoms with van der Waals surface area (Å²) in [6.07, 6.45) is 1.54. The number of nitrogens with zero attached hydrogens (tertiary/aromatic N) is 1. The summed E-state index contributed by atoms with van der Waals surface area (Å²) < 4.78 is 16.1. The first kappa shape index (κ1) is 19.2. The van der Waals surface area contributed by atoms with Crippen LogP contribution in [0.15, 0.2) is 53.6 Å². The average Bonchev–Trinajstić information content (AvgIpc) is 2.72. The zero-order chi connectivity index (χ0) is 20.1. The van der Waals surface area contributed by atoms with Gasteiger partial charge < -0.3 is 14.2 Å². The first-order valence-corrected chi connectivity index (χ1v) is 8.70. The lowest BCUT2D eigenvalue weighted by Crippen LogP contribution is -2.18. The second-order valence-electron chi connectivity index (χ2n) is 6.11. The number of hydrazone groups is 1. The summed E-state index contributed by atoms with van der Waals surface area (Å²) >= 11 is 0. The van der Waals surface area contributed by atoms with E-state index in [1.807, 2.05) is 49.4 Å². The Hall–Kier alpha value is -3.54. The number of fused-ring (bicyclic) bond motifs is 1. The van der Waals surface area contributed by atoms with Gasteiger partial charge in [-0.2, -0.15) is 5.10 Å². The lowest BCUT2D eigenvalue weighted by Gasteiger charge is -2.12. The first-order chi connectivity index (χ1) is 13.6. The number of hydrogen-bond acceptors (Lipinski definition) is 5. The number of methoxy groups -OCH3 is 3. The van der Waals surface area contributed by atoms with Gasteiger partial charge in [0.25, 0.3) is 5.91 Å². The third-order valence-corrected chi connectivity index (χ3v) is 4.49. The van der Waals surface area contributed by atoms with E-state index in [9.17, 15) is 4.79 Å². The molecule has 3 aromatic rings. The number of benzene rings is 3. The Kier molecular flexibility index (Phi) is 5.79. The zero-order valence-corrected chi connectivity index (χ0v) is 16.3. The van der Waals surface area contributed by atoms with Crippen molar-refractivity contribution in [3.63, 3.8) is 0 Å². The molecule has 1 amide bonds. The van der Waals surface area contributed by atoms with E-state index in [1.54, 1.807) is 20.3 Å². The second-order valence-corrected chi connectivity index (χ2v) is 6.11. The van der Waals surface area contributed by atoms with E-state index >= 15 is 0 Å². The SMILES string of the molecule is COc1cc2ccccc2cc1C(=O)NN=Cc1ccc(OC)c(C)c1OC. The van der Waals surface area contributed by atoms with Crippen LogP contribution >= 0.6 is 0 Å². The van der Waals surface area contributed by atoms with Crippen LogP contribution < -0.4 is 19.6 Å². The number of carbonyl (C=O) groups is 1. The number of carbonyl (C=O) groups excluding carboxylic acids is 1. The standard InChI is InChI=1S/C22H22N2O4/c1-14-19(26-2)10-9-17(21(14)28-4)13-23-24-22(25)18-11-15-7-5-6-8-16(15)12-20(18)27-3/h5-13H,1-4H3,(H,24,25). The molecule has 0 aliphatic heterocycles. The molecular weight excluding hydrogens is 356 g/mol. The minimum Gasteiger partial charge on any atom is -0.496 e. The van der Waals surface area contributed by atoms with Crippen LogP contribution in [0.5, 0.6) is 17.2 Å². The molecule has 3 rings (SSSR count). The van der Waals surface area contributed by atoms with E-state index in [1.165, 1.54) is 13.3 Å². The Balaban J connectivity index is 1.85. The molecular formula is C22H22N2O4. The fourth-order valence-corrected chi connectivity index (χ4v) is 3.07. The summed E-state index contributed by atoms with van der Waals surface area (Å²) in [4.78, 5) is 12.6. The Morgan fingerprint density at radius 2 is 1.61 bits per heavy atom. The van der Waals surface area contributed by atoms with Gasteiger partial charge in [-0.05, 0) is 42.0 Å². The lowest BCUT2D eigenvalue weighted by molar-refractivity contribution is 0.0952. The molecule has 0 heterocycles. The van der Waals surface area contributed by atoms with Crippen molar-refractivity contribution in [1.29, 1.82) is 0 Å². The number of amides is 1. The maximum absolute atomic E-state index is 12.6. The van der Waals surface area contributed by atoms with Crippen LogP contribution in [0.2, 0.25) is 0 Å². The van der Waals surface area contributed by atoms with Gasteiger partial charge in [0.2, 0.25) is 0 Å². The topological polar surface area (TPSA) is 69.2 Å². The highest BCUT2D eigenvalue weighted by atomic mass is 16.5. The van der Waals surface area contributed by atoms with Crippen molar-refractivity contribution in [2.45, 2.75) is 6.92 Å². The van der Waals surface area contributed by atoms with Gasteiger partial charge in [0.05, 0.1) is 33.1 Å². The summed E-state index contributed by atoms with van der Waals surface area (Å²) in [7, 11) is 4.72. The summed E-state index contributed by atoms with van der Waals surface area (Å²) in [5.41, 5.74) is 4.55. The Labute approximate surface area is 163 Å². The van der Waals surface area contributed by atoms with Crippen molar-refractivity contribution < 1.29 is 19.0 Å². The van der Waals surface area contributed by atoms with Crippen LogP contribution in [0, 0.1) is 6.92 Å². The zero-order valence-electron chi connectivity index (χ0n) is 16.3. The van der Waals surface area contributed by atoms with Crippen LogP contribution in [0.1, 0.15) is 21.5 Å². The molecule has 0 bridgehead atoms. The molecule has 0 saturated carbocycles. The van der Waals surface area contributed by atoms with E-state index in [-0.39, 0.29) is 5.91 Å². The molecule has 0 radical (unpaired) electrons. The van der Waals surface area contributed by atoms with Crippen LogP contribution in [0.4, 0.5) is 0 Å². The highest BCUT2D eigenvalue weighted by Crippen LogP contribution is 2.30. The quantitative estimate of drug-likeness (QED) is 0.521. The Morgan fingerprint density at radius 3 is 2.25 bits per heavy atom. The molecule has 144 valence electrons. The monoisotopic (exact) mass is 378 g/mol. The van der Waals surface area contributed by atoms with Crippen molar-refractivity contribution in [2.24, 2.45) is 5.10 Å². The van der Waals surface area contributed by atoms with Crippen LogP contribution in [-0.4, -0.2) is 33.5 Å². The minimum atomic E-state index is -0.358. The van der Waals surface area contributed by atoms with E-state index in [0.29, 0.717) is 17.1 Å². The maximum Gasteiger partial charge on any atom is 0.275 e. The molecule has 0 aliphatic carbocycles. The highest BCUT2D eigenvalue weighted by Gasteiger charge is 2.14. The number of hydrogen-bond donors (Lipinski definition) is 1. The number of ether oxygens (including phenoxy) is 3.